The molecule has 1 atom stereocenters. The van der Waals surface area contributed by atoms with Crippen LogP contribution in [0, 0.1) is 6.92 Å². The van der Waals surface area contributed by atoms with Gasteiger partial charge in [0.2, 0.25) is 0 Å². The van der Waals surface area contributed by atoms with E-state index in [2.05, 4.69) is 15.5 Å². The van der Waals surface area contributed by atoms with E-state index in [4.69, 9.17) is 4.74 Å². The molecule has 1 aromatic rings. The number of rotatable bonds is 3. The SMILES string of the molecule is CNCC1CN(C(=O)c2cn[nH]c2C)CCO1. The molecule has 0 spiro atoms. The van der Waals surface area contributed by atoms with Crippen LogP contribution in [0.5, 0.6) is 0 Å². The fourth-order valence-electron chi connectivity index (χ4n) is 1.99. The van der Waals surface area contributed by atoms with Crippen molar-refractivity contribution in [1.82, 2.24) is 20.4 Å². The predicted molar refractivity (Wildman–Crippen MR) is 62.9 cm³/mol. The molecular weight excluding hydrogens is 220 g/mol. The molecule has 2 N–H and O–H groups in total. The Hall–Kier alpha value is -1.40. The van der Waals surface area contributed by atoms with Crippen LogP contribution in [0.2, 0.25) is 0 Å². The lowest BCUT2D eigenvalue weighted by Gasteiger charge is -2.32. The Kier molecular flexibility index (Phi) is 3.75. The molecule has 2 heterocycles. The normalized spacial score (nSPS) is 20.6. The van der Waals surface area contributed by atoms with E-state index in [1.165, 1.54) is 0 Å². The molecule has 0 bridgehead atoms. The number of amides is 1. The molecule has 1 amide bonds. The molecule has 2 rings (SSSR count). The number of likely N-dealkylation sites (N-methyl/N-ethyl adjacent to an activating group) is 1. The summed E-state index contributed by atoms with van der Waals surface area (Å²) in [7, 11) is 1.88. The van der Waals surface area contributed by atoms with Crippen molar-refractivity contribution in [2.24, 2.45) is 0 Å². The first-order valence-electron chi connectivity index (χ1n) is 5.78. The highest BCUT2D eigenvalue weighted by Gasteiger charge is 2.25. The number of hydrogen-bond donors (Lipinski definition) is 2. The molecule has 0 radical (unpaired) electrons. The molecule has 1 aliphatic heterocycles. The molecule has 17 heavy (non-hydrogen) atoms. The van der Waals surface area contributed by atoms with E-state index in [1.54, 1.807) is 6.20 Å². The third-order valence-electron chi connectivity index (χ3n) is 2.92. The Balaban J connectivity index is 2.02. The van der Waals surface area contributed by atoms with Crippen LogP contribution in [0.1, 0.15) is 16.1 Å². The number of nitrogens with zero attached hydrogens (tertiary/aromatic N) is 2. The summed E-state index contributed by atoms with van der Waals surface area (Å²) in [5, 5.41) is 9.72. The van der Waals surface area contributed by atoms with Gasteiger partial charge in [0.25, 0.3) is 5.91 Å². The van der Waals surface area contributed by atoms with E-state index in [1.807, 2.05) is 18.9 Å². The highest BCUT2D eigenvalue weighted by molar-refractivity contribution is 5.95. The largest absolute Gasteiger partial charge is 0.373 e. The molecule has 0 aliphatic carbocycles. The van der Waals surface area contributed by atoms with Crippen LogP contribution in [0.15, 0.2) is 6.20 Å². The topological polar surface area (TPSA) is 70.2 Å². The molecule has 0 saturated carbocycles. The Morgan fingerprint density at radius 1 is 1.76 bits per heavy atom. The first kappa shape index (κ1) is 12.1. The second-order valence-corrected chi connectivity index (χ2v) is 4.21. The number of H-pyrrole nitrogens is 1. The quantitative estimate of drug-likeness (QED) is 0.763. The summed E-state index contributed by atoms with van der Waals surface area (Å²) in [5.74, 6) is 0.0284. The van der Waals surface area contributed by atoms with Gasteiger partial charge in [-0.25, -0.2) is 0 Å². The van der Waals surface area contributed by atoms with Gasteiger partial charge in [-0.3, -0.25) is 9.89 Å². The van der Waals surface area contributed by atoms with E-state index in [-0.39, 0.29) is 12.0 Å². The van der Waals surface area contributed by atoms with Gasteiger partial charge in [0.1, 0.15) is 0 Å². The van der Waals surface area contributed by atoms with E-state index in [9.17, 15) is 4.79 Å². The maximum atomic E-state index is 12.2. The fourth-order valence-corrected chi connectivity index (χ4v) is 1.99. The number of nitrogens with one attached hydrogen (secondary N) is 2. The van der Waals surface area contributed by atoms with Gasteiger partial charge in [0.15, 0.2) is 0 Å². The number of aromatic nitrogens is 2. The molecule has 1 unspecified atom stereocenters. The lowest BCUT2D eigenvalue weighted by Crippen LogP contribution is -2.48. The molecule has 1 aliphatic rings. The van der Waals surface area contributed by atoms with E-state index >= 15 is 0 Å². The zero-order valence-corrected chi connectivity index (χ0v) is 10.2. The smallest absolute Gasteiger partial charge is 0.257 e. The van der Waals surface area contributed by atoms with Crippen LogP contribution in [-0.4, -0.2) is 60.4 Å². The van der Waals surface area contributed by atoms with Crippen LogP contribution in [0.3, 0.4) is 0 Å². The number of carbonyl (C=O) groups excluding carboxylic acids is 1. The first-order chi connectivity index (χ1) is 8.22. The molecule has 94 valence electrons. The van der Waals surface area contributed by atoms with E-state index in [0.717, 1.165) is 12.2 Å². The van der Waals surface area contributed by atoms with Gasteiger partial charge in [-0.1, -0.05) is 0 Å². The van der Waals surface area contributed by atoms with Crippen LogP contribution in [0.25, 0.3) is 0 Å². The first-order valence-corrected chi connectivity index (χ1v) is 5.78. The van der Waals surface area contributed by atoms with Crippen molar-refractivity contribution < 1.29 is 9.53 Å². The Labute approximate surface area is 100 Å². The summed E-state index contributed by atoms with van der Waals surface area (Å²) < 4.78 is 5.57. The lowest BCUT2D eigenvalue weighted by atomic mass is 10.2. The van der Waals surface area contributed by atoms with Crippen molar-refractivity contribution in [1.29, 1.82) is 0 Å². The third kappa shape index (κ3) is 2.65. The average molecular weight is 238 g/mol. The summed E-state index contributed by atoms with van der Waals surface area (Å²) in [5.41, 5.74) is 1.46. The number of ether oxygens (including phenoxy) is 1. The Bertz CT molecular complexity index is 389. The number of hydrogen-bond acceptors (Lipinski definition) is 4. The second-order valence-electron chi connectivity index (χ2n) is 4.21. The van der Waals surface area contributed by atoms with Gasteiger partial charge in [0.05, 0.1) is 24.5 Å². The van der Waals surface area contributed by atoms with Gasteiger partial charge in [-0.15, -0.1) is 0 Å². The Morgan fingerprint density at radius 2 is 2.59 bits per heavy atom. The molecule has 1 saturated heterocycles. The van der Waals surface area contributed by atoms with Gasteiger partial charge < -0.3 is 15.0 Å². The number of aryl methyl sites for hydroxylation is 1. The minimum absolute atomic E-state index is 0.0284. The zero-order valence-electron chi connectivity index (χ0n) is 10.2. The summed E-state index contributed by atoms with van der Waals surface area (Å²) in [4.78, 5) is 14.0. The number of morpholine rings is 1. The van der Waals surface area contributed by atoms with Crippen molar-refractivity contribution in [2.45, 2.75) is 13.0 Å². The molecule has 0 aromatic carbocycles. The van der Waals surface area contributed by atoms with Crippen molar-refractivity contribution in [3.8, 4) is 0 Å². The van der Waals surface area contributed by atoms with E-state index in [0.29, 0.717) is 25.3 Å². The van der Waals surface area contributed by atoms with E-state index < -0.39 is 0 Å². The maximum Gasteiger partial charge on any atom is 0.257 e. The number of carbonyl (C=O) groups is 1. The van der Waals surface area contributed by atoms with Gasteiger partial charge >= 0.3 is 0 Å². The fraction of sp³-hybridized carbons (Fsp3) is 0.636. The molecule has 1 aromatic heterocycles. The van der Waals surface area contributed by atoms with Crippen LogP contribution in [-0.2, 0) is 4.74 Å². The van der Waals surface area contributed by atoms with Gasteiger partial charge in [-0.2, -0.15) is 5.10 Å². The van der Waals surface area contributed by atoms with Crippen molar-refractivity contribution >= 4 is 5.91 Å². The third-order valence-corrected chi connectivity index (χ3v) is 2.92. The van der Waals surface area contributed by atoms with Crippen LogP contribution < -0.4 is 5.32 Å². The summed E-state index contributed by atoms with van der Waals surface area (Å²) in [6, 6.07) is 0. The monoisotopic (exact) mass is 238 g/mol. The van der Waals surface area contributed by atoms with Crippen molar-refractivity contribution in [3.05, 3.63) is 17.5 Å². The summed E-state index contributed by atoms with van der Waals surface area (Å²) in [6.45, 7) is 4.48. The summed E-state index contributed by atoms with van der Waals surface area (Å²) in [6.07, 6.45) is 1.66. The maximum absolute atomic E-state index is 12.2. The van der Waals surface area contributed by atoms with Crippen molar-refractivity contribution in [3.63, 3.8) is 0 Å². The lowest BCUT2D eigenvalue weighted by molar-refractivity contribution is -0.0196. The molecule has 6 nitrogen and oxygen atoms in total. The minimum Gasteiger partial charge on any atom is -0.373 e. The number of aromatic amines is 1. The standard InChI is InChI=1S/C11H18N4O2/c1-8-10(6-13-14-8)11(16)15-3-4-17-9(7-15)5-12-2/h6,9,12H,3-5,7H2,1-2H3,(H,13,14). The molecule has 1 fully saturated rings. The molecule has 6 heteroatoms. The second kappa shape index (κ2) is 5.29. The van der Waals surface area contributed by atoms with Gasteiger partial charge in [0, 0.05) is 25.3 Å². The highest BCUT2D eigenvalue weighted by Crippen LogP contribution is 2.11. The summed E-state index contributed by atoms with van der Waals surface area (Å²) >= 11 is 0. The average Bonchev–Trinajstić information content (AvgIpc) is 2.75. The zero-order chi connectivity index (χ0) is 12.3. The van der Waals surface area contributed by atoms with Gasteiger partial charge in [-0.05, 0) is 14.0 Å². The Morgan fingerprint density at radius 3 is 3.24 bits per heavy atom. The van der Waals surface area contributed by atoms with Crippen molar-refractivity contribution in [2.75, 3.05) is 33.3 Å². The highest BCUT2D eigenvalue weighted by atomic mass is 16.5. The predicted octanol–water partition coefficient (Wildman–Crippen LogP) is -0.221. The van der Waals surface area contributed by atoms with Crippen LogP contribution >= 0.6 is 0 Å². The molecular formula is C11H18N4O2. The minimum atomic E-state index is 0.0284. The van der Waals surface area contributed by atoms with Crippen LogP contribution in [0.4, 0.5) is 0 Å².